The molecule has 2 unspecified atom stereocenters. The first-order valence-corrected chi connectivity index (χ1v) is 6.38. The second kappa shape index (κ2) is 5.08. The van der Waals surface area contributed by atoms with Crippen LogP contribution in [0.3, 0.4) is 0 Å². The normalized spacial score (nSPS) is 21.1. The zero-order chi connectivity index (χ0) is 12.4. The summed E-state index contributed by atoms with van der Waals surface area (Å²) in [6.45, 7) is 1.41. The molecule has 0 aliphatic carbocycles. The molecule has 18 heavy (non-hydrogen) atoms. The number of rotatable bonds is 3. The van der Waals surface area contributed by atoms with E-state index < -0.39 is 5.38 Å². The van der Waals surface area contributed by atoms with Crippen molar-refractivity contribution in [2.45, 2.75) is 17.7 Å². The van der Waals surface area contributed by atoms with Gasteiger partial charge in [0.2, 0.25) is 11.8 Å². The fourth-order valence-corrected chi connectivity index (χ4v) is 2.24. The molecule has 2 atom stereocenters. The summed E-state index contributed by atoms with van der Waals surface area (Å²) in [5.41, 5.74) is 0.956. The molecule has 94 valence electrons. The molecule has 0 spiro atoms. The van der Waals surface area contributed by atoms with Crippen LogP contribution in [-0.4, -0.2) is 23.4 Å². The van der Waals surface area contributed by atoms with E-state index in [-0.39, 0.29) is 5.92 Å². The number of alkyl halides is 1. The van der Waals surface area contributed by atoms with Gasteiger partial charge in [0.25, 0.3) is 0 Å². The van der Waals surface area contributed by atoms with Gasteiger partial charge in [0.15, 0.2) is 0 Å². The molecule has 0 bridgehead atoms. The highest BCUT2D eigenvalue weighted by molar-refractivity contribution is 6.22. The molecule has 5 heteroatoms. The summed E-state index contributed by atoms with van der Waals surface area (Å²) in [5.74, 6) is 1.29. The molecule has 0 saturated carbocycles. The van der Waals surface area contributed by atoms with Gasteiger partial charge in [-0.3, -0.25) is 0 Å². The second-order valence-corrected chi connectivity index (χ2v) is 4.75. The molecule has 0 amide bonds. The standard InChI is InChI=1S/C13H13ClN2O2/c14-11(9-4-2-1-3-5-9)13-16-15-12(18-13)10-6-7-17-8-10/h1-5,10-11H,6-8H2. The van der Waals surface area contributed by atoms with E-state index in [4.69, 9.17) is 20.8 Å². The maximum Gasteiger partial charge on any atom is 0.238 e. The Morgan fingerprint density at radius 1 is 1.22 bits per heavy atom. The number of hydrogen-bond donors (Lipinski definition) is 0. The highest BCUT2D eigenvalue weighted by Crippen LogP contribution is 2.30. The summed E-state index contributed by atoms with van der Waals surface area (Å²) < 4.78 is 11.0. The number of aromatic nitrogens is 2. The predicted molar refractivity (Wildman–Crippen MR) is 66.6 cm³/mol. The lowest BCUT2D eigenvalue weighted by molar-refractivity contribution is 0.190. The summed E-state index contributed by atoms with van der Waals surface area (Å²) in [5, 5.41) is 7.70. The molecule has 2 heterocycles. The Kier molecular flexibility index (Phi) is 3.30. The van der Waals surface area contributed by atoms with Crippen molar-refractivity contribution in [2.24, 2.45) is 0 Å². The molecule has 4 nitrogen and oxygen atoms in total. The topological polar surface area (TPSA) is 48.2 Å². The molecule has 0 radical (unpaired) electrons. The third-order valence-corrected chi connectivity index (χ3v) is 3.48. The van der Waals surface area contributed by atoms with E-state index in [1.54, 1.807) is 0 Å². The lowest BCUT2D eigenvalue weighted by Crippen LogP contribution is -1.97. The van der Waals surface area contributed by atoms with Crippen LogP contribution in [0.1, 0.15) is 35.1 Å². The van der Waals surface area contributed by atoms with Gasteiger partial charge in [0.05, 0.1) is 12.5 Å². The summed E-state index contributed by atoms with van der Waals surface area (Å²) in [6.07, 6.45) is 0.930. The van der Waals surface area contributed by atoms with Crippen molar-refractivity contribution in [3.8, 4) is 0 Å². The van der Waals surface area contributed by atoms with Gasteiger partial charge >= 0.3 is 0 Å². The second-order valence-electron chi connectivity index (χ2n) is 4.31. The monoisotopic (exact) mass is 264 g/mol. The molecule has 1 aromatic heterocycles. The summed E-state index contributed by atoms with van der Waals surface area (Å²) in [6, 6.07) is 9.71. The van der Waals surface area contributed by atoms with Crippen LogP contribution in [0.2, 0.25) is 0 Å². The average molecular weight is 265 g/mol. The van der Waals surface area contributed by atoms with Crippen molar-refractivity contribution in [3.05, 3.63) is 47.7 Å². The minimum absolute atomic E-state index is 0.214. The molecular formula is C13H13ClN2O2. The highest BCUT2D eigenvalue weighted by atomic mass is 35.5. The summed E-state index contributed by atoms with van der Waals surface area (Å²) >= 11 is 6.32. The Labute approximate surface area is 110 Å². The molecular weight excluding hydrogens is 252 g/mol. The Morgan fingerprint density at radius 2 is 2.06 bits per heavy atom. The first-order valence-electron chi connectivity index (χ1n) is 5.94. The smallest absolute Gasteiger partial charge is 0.238 e. The van der Waals surface area contributed by atoms with Crippen molar-refractivity contribution in [1.82, 2.24) is 10.2 Å². The molecule has 2 aromatic rings. The lowest BCUT2D eigenvalue weighted by Gasteiger charge is -2.04. The number of ether oxygens (including phenoxy) is 1. The lowest BCUT2D eigenvalue weighted by atomic mass is 10.1. The zero-order valence-electron chi connectivity index (χ0n) is 9.75. The van der Waals surface area contributed by atoms with E-state index in [0.717, 1.165) is 18.6 Å². The van der Waals surface area contributed by atoms with E-state index >= 15 is 0 Å². The molecule has 3 rings (SSSR count). The maximum absolute atomic E-state index is 6.32. The molecule has 1 aromatic carbocycles. The number of nitrogens with zero attached hydrogens (tertiary/aromatic N) is 2. The van der Waals surface area contributed by atoms with Crippen LogP contribution in [0.5, 0.6) is 0 Å². The van der Waals surface area contributed by atoms with E-state index in [9.17, 15) is 0 Å². The van der Waals surface area contributed by atoms with Crippen LogP contribution in [-0.2, 0) is 4.74 Å². The van der Waals surface area contributed by atoms with Gasteiger partial charge in [0, 0.05) is 6.61 Å². The number of halogens is 1. The molecule has 1 aliphatic heterocycles. The minimum Gasteiger partial charge on any atom is -0.423 e. The van der Waals surface area contributed by atoms with Gasteiger partial charge in [-0.15, -0.1) is 21.8 Å². The fraction of sp³-hybridized carbons (Fsp3) is 0.385. The SMILES string of the molecule is ClC(c1ccccc1)c1nnc(C2CCOC2)o1. The highest BCUT2D eigenvalue weighted by Gasteiger charge is 2.25. The zero-order valence-corrected chi connectivity index (χ0v) is 10.5. The van der Waals surface area contributed by atoms with Crippen molar-refractivity contribution in [3.63, 3.8) is 0 Å². The van der Waals surface area contributed by atoms with Crippen LogP contribution >= 0.6 is 11.6 Å². The molecule has 1 saturated heterocycles. The van der Waals surface area contributed by atoms with E-state index in [1.807, 2.05) is 30.3 Å². The Hall–Kier alpha value is -1.39. The van der Waals surface area contributed by atoms with Crippen molar-refractivity contribution >= 4 is 11.6 Å². The molecule has 1 aliphatic rings. The number of benzene rings is 1. The molecule has 0 N–H and O–H groups in total. The molecule has 1 fully saturated rings. The van der Waals surface area contributed by atoms with Crippen molar-refractivity contribution < 1.29 is 9.15 Å². The van der Waals surface area contributed by atoms with Gasteiger partial charge in [-0.2, -0.15) is 0 Å². The van der Waals surface area contributed by atoms with E-state index in [0.29, 0.717) is 18.4 Å². The van der Waals surface area contributed by atoms with Crippen molar-refractivity contribution in [1.29, 1.82) is 0 Å². The number of hydrogen-bond acceptors (Lipinski definition) is 4. The van der Waals surface area contributed by atoms with Crippen LogP contribution in [0, 0.1) is 0 Å². The van der Waals surface area contributed by atoms with Crippen LogP contribution in [0.15, 0.2) is 34.7 Å². The average Bonchev–Trinajstić information content (AvgIpc) is 3.09. The van der Waals surface area contributed by atoms with Gasteiger partial charge in [-0.25, -0.2) is 0 Å². The van der Waals surface area contributed by atoms with Gasteiger partial charge in [-0.1, -0.05) is 30.3 Å². The van der Waals surface area contributed by atoms with Crippen molar-refractivity contribution in [2.75, 3.05) is 13.2 Å². The van der Waals surface area contributed by atoms with Crippen LogP contribution < -0.4 is 0 Å². The van der Waals surface area contributed by atoms with Gasteiger partial charge < -0.3 is 9.15 Å². The Balaban J connectivity index is 1.80. The summed E-state index contributed by atoms with van der Waals surface area (Å²) in [7, 11) is 0. The van der Waals surface area contributed by atoms with Crippen LogP contribution in [0.25, 0.3) is 0 Å². The van der Waals surface area contributed by atoms with Gasteiger partial charge in [0.1, 0.15) is 5.38 Å². The Bertz CT molecular complexity index is 509. The first-order chi connectivity index (χ1) is 8.84. The predicted octanol–water partition coefficient (Wildman–Crippen LogP) is 2.90. The van der Waals surface area contributed by atoms with E-state index in [2.05, 4.69) is 10.2 Å². The largest absolute Gasteiger partial charge is 0.423 e. The quantitative estimate of drug-likeness (QED) is 0.800. The van der Waals surface area contributed by atoms with Crippen LogP contribution in [0.4, 0.5) is 0 Å². The Morgan fingerprint density at radius 3 is 2.78 bits per heavy atom. The van der Waals surface area contributed by atoms with Gasteiger partial charge in [-0.05, 0) is 12.0 Å². The summed E-state index contributed by atoms with van der Waals surface area (Å²) in [4.78, 5) is 0. The third kappa shape index (κ3) is 2.26. The fourth-order valence-electron chi connectivity index (χ4n) is 2.01. The van der Waals surface area contributed by atoms with E-state index in [1.165, 1.54) is 0 Å². The first kappa shape index (κ1) is 11.7. The third-order valence-electron chi connectivity index (χ3n) is 3.04. The minimum atomic E-state index is -0.394. The maximum atomic E-state index is 6.32.